The third-order valence-electron chi connectivity index (χ3n) is 3.31. The summed E-state index contributed by atoms with van der Waals surface area (Å²) >= 11 is 3.12. The van der Waals surface area contributed by atoms with Crippen LogP contribution in [0, 0.1) is 5.82 Å². The molecule has 0 amide bonds. The van der Waals surface area contributed by atoms with Crippen molar-refractivity contribution >= 4 is 27.7 Å². The molecule has 138 valence electrons. The molecule has 26 heavy (non-hydrogen) atoms. The van der Waals surface area contributed by atoms with Crippen LogP contribution in [0.4, 0.5) is 4.39 Å². The van der Waals surface area contributed by atoms with Gasteiger partial charge in [-0.05, 0) is 52.3 Å². The first-order valence-electron chi connectivity index (χ1n) is 7.43. The molecule has 0 bridgehead atoms. The number of ketones is 1. The Labute approximate surface area is 157 Å². The Kier molecular flexibility index (Phi) is 6.97. The molecule has 0 saturated carbocycles. The van der Waals surface area contributed by atoms with Crippen molar-refractivity contribution in [2.45, 2.75) is 0 Å². The van der Waals surface area contributed by atoms with E-state index in [-0.39, 0.29) is 11.3 Å². The number of hydrogen-bond donors (Lipinski definition) is 0. The van der Waals surface area contributed by atoms with E-state index in [1.807, 2.05) is 0 Å². The molecule has 0 radical (unpaired) electrons. The number of benzene rings is 2. The third kappa shape index (κ3) is 5.19. The summed E-state index contributed by atoms with van der Waals surface area (Å²) < 4.78 is 33.7. The van der Waals surface area contributed by atoms with Crippen molar-refractivity contribution in [1.82, 2.24) is 0 Å². The average Bonchev–Trinajstić information content (AvgIpc) is 2.64. The molecule has 0 heterocycles. The molecule has 0 spiro atoms. The molecule has 0 aliphatic rings. The predicted octanol–water partition coefficient (Wildman–Crippen LogP) is 3.41. The molecule has 0 atom stereocenters. The van der Waals surface area contributed by atoms with Crippen molar-refractivity contribution in [2.75, 3.05) is 27.4 Å². The van der Waals surface area contributed by atoms with Gasteiger partial charge in [0, 0.05) is 0 Å². The number of Topliss-reactive ketones (excluding diaryl/α,β-unsaturated/α-hetero) is 1. The van der Waals surface area contributed by atoms with Gasteiger partial charge in [0.25, 0.3) is 0 Å². The standard InChI is InChI=1S/C18H16BrFO6/c1-23-12-4-6-16(24-2)13(8-12)15(21)9-26-18(22)10-25-17-5-3-11(20)7-14(17)19/h3-8H,9-10H2,1-2H3. The van der Waals surface area contributed by atoms with Crippen LogP contribution < -0.4 is 14.2 Å². The van der Waals surface area contributed by atoms with Crippen molar-refractivity contribution in [3.05, 3.63) is 52.3 Å². The lowest BCUT2D eigenvalue weighted by Gasteiger charge is -2.11. The number of halogens is 2. The SMILES string of the molecule is COc1ccc(OC)c(C(=O)COC(=O)COc2ccc(F)cc2Br)c1. The number of carbonyl (C=O) groups excluding carboxylic acids is 2. The Balaban J connectivity index is 1.91. The summed E-state index contributed by atoms with van der Waals surface area (Å²) in [5, 5.41) is 0. The second-order valence-corrected chi connectivity index (χ2v) is 5.87. The first kappa shape index (κ1) is 19.7. The quantitative estimate of drug-likeness (QED) is 0.475. The zero-order valence-electron chi connectivity index (χ0n) is 14.1. The zero-order valence-corrected chi connectivity index (χ0v) is 15.7. The molecular formula is C18H16BrFO6. The minimum Gasteiger partial charge on any atom is -0.497 e. The molecule has 2 aromatic rings. The summed E-state index contributed by atoms with van der Waals surface area (Å²) in [6.07, 6.45) is 0. The van der Waals surface area contributed by atoms with Crippen molar-refractivity contribution in [3.8, 4) is 17.2 Å². The molecule has 0 saturated heterocycles. The molecule has 0 aromatic heterocycles. The van der Waals surface area contributed by atoms with Crippen LogP contribution in [0.1, 0.15) is 10.4 Å². The molecule has 6 nitrogen and oxygen atoms in total. The van der Waals surface area contributed by atoms with Crippen LogP contribution in [-0.2, 0) is 9.53 Å². The second kappa shape index (κ2) is 9.19. The number of hydrogen-bond acceptors (Lipinski definition) is 6. The predicted molar refractivity (Wildman–Crippen MR) is 94.4 cm³/mol. The van der Waals surface area contributed by atoms with Gasteiger partial charge < -0.3 is 18.9 Å². The Morgan fingerprint density at radius 3 is 2.38 bits per heavy atom. The molecule has 8 heteroatoms. The zero-order chi connectivity index (χ0) is 19.1. The van der Waals surface area contributed by atoms with Crippen LogP contribution in [0.3, 0.4) is 0 Å². The molecule has 0 aliphatic heterocycles. The Bertz CT molecular complexity index is 808. The lowest BCUT2D eigenvalue weighted by Crippen LogP contribution is -2.20. The summed E-state index contributed by atoms with van der Waals surface area (Å²) in [5.74, 6) is -0.523. The van der Waals surface area contributed by atoms with Gasteiger partial charge in [0.05, 0.1) is 24.3 Å². The first-order valence-corrected chi connectivity index (χ1v) is 8.22. The van der Waals surface area contributed by atoms with Crippen molar-refractivity contribution in [3.63, 3.8) is 0 Å². The number of esters is 1. The van der Waals surface area contributed by atoms with E-state index in [0.717, 1.165) is 0 Å². The highest BCUT2D eigenvalue weighted by molar-refractivity contribution is 9.10. The van der Waals surface area contributed by atoms with Gasteiger partial charge in [-0.3, -0.25) is 4.79 Å². The van der Waals surface area contributed by atoms with Gasteiger partial charge in [0.2, 0.25) is 5.78 Å². The van der Waals surface area contributed by atoms with Gasteiger partial charge in [-0.25, -0.2) is 9.18 Å². The van der Waals surface area contributed by atoms with E-state index < -0.39 is 30.8 Å². The first-order chi connectivity index (χ1) is 12.4. The minimum atomic E-state index is -0.739. The van der Waals surface area contributed by atoms with Gasteiger partial charge >= 0.3 is 5.97 Å². The van der Waals surface area contributed by atoms with Crippen molar-refractivity contribution < 1.29 is 32.9 Å². The van der Waals surface area contributed by atoms with E-state index >= 15 is 0 Å². The minimum absolute atomic E-state index is 0.238. The molecule has 0 fully saturated rings. The number of methoxy groups -OCH3 is 2. The van der Waals surface area contributed by atoms with Crippen LogP contribution in [0.25, 0.3) is 0 Å². The van der Waals surface area contributed by atoms with Gasteiger partial charge in [-0.2, -0.15) is 0 Å². The summed E-state index contributed by atoms with van der Waals surface area (Å²) in [5.41, 5.74) is 0.238. The van der Waals surface area contributed by atoms with Gasteiger partial charge in [-0.15, -0.1) is 0 Å². The fraction of sp³-hybridized carbons (Fsp3) is 0.222. The Morgan fingerprint density at radius 1 is 1.00 bits per heavy atom. The molecule has 2 rings (SSSR count). The van der Waals surface area contributed by atoms with E-state index in [0.29, 0.717) is 16.0 Å². The smallest absolute Gasteiger partial charge is 0.344 e. The van der Waals surface area contributed by atoms with E-state index in [9.17, 15) is 14.0 Å². The fourth-order valence-corrected chi connectivity index (χ4v) is 2.49. The third-order valence-corrected chi connectivity index (χ3v) is 3.93. The second-order valence-electron chi connectivity index (χ2n) is 5.01. The summed E-state index contributed by atoms with van der Waals surface area (Å²) in [6, 6.07) is 8.52. The molecule has 0 unspecified atom stereocenters. The van der Waals surface area contributed by atoms with E-state index in [2.05, 4.69) is 15.9 Å². The van der Waals surface area contributed by atoms with Crippen LogP contribution in [0.5, 0.6) is 17.2 Å². The highest BCUT2D eigenvalue weighted by Crippen LogP contribution is 2.26. The van der Waals surface area contributed by atoms with E-state index in [4.69, 9.17) is 18.9 Å². The van der Waals surface area contributed by atoms with Crippen molar-refractivity contribution in [2.24, 2.45) is 0 Å². The normalized spacial score (nSPS) is 10.2. The molecular weight excluding hydrogens is 411 g/mol. The van der Waals surface area contributed by atoms with Crippen LogP contribution >= 0.6 is 15.9 Å². The Morgan fingerprint density at radius 2 is 1.73 bits per heavy atom. The van der Waals surface area contributed by atoms with E-state index in [1.54, 1.807) is 12.1 Å². The molecule has 2 aromatic carbocycles. The van der Waals surface area contributed by atoms with Gasteiger partial charge in [0.15, 0.2) is 13.2 Å². The lowest BCUT2D eigenvalue weighted by molar-refractivity contribution is -0.144. The fourth-order valence-electron chi connectivity index (χ4n) is 2.03. The topological polar surface area (TPSA) is 71.1 Å². The molecule has 0 N–H and O–H groups in total. The maximum absolute atomic E-state index is 13.0. The van der Waals surface area contributed by atoms with Crippen molar-refractivity contribution in [1.29, 1.82) is 0 Å². The summed E-state index contributed by atoms with van der Waals surface area (Å²) in [7, 11) is 2.90. The number of carbonyl (C=O) groups is 2. The molecule has 0 aliphatic carbocycles. The summed E-state index contributed by atoms with van der Waals surface area (Å²) in [4.78, 5) is 24.0. The lowest BCUT2D eigenvalue weighted by atomic mass is 10.1. The summed E-state index contributed by atoms with van der Waals surface area (Å²) in [6.45, 7) is -0.900. The van der Waals surface area contributed by atoms with Gasteiger partial charge in [0.1, 0.15) is 23.1 Å². The average molecular weight is 427 g/mol. The van der Waals surface area contributed by atoms with Crippen LogP contribution in [-0.4, -0.2) is 39.2 Å². The number of ether oxygens (including phenoxy) is 4. The maximum atomic E-state index is 13.0. The largest absolute Gasteiger partial charge is 0.497 e. The van der Waals surface area contributed by atoms with Crippen LogP contribution in [0.2, 0.25) is 0 Å². The van der Waals surface area contributed by atoms with Crippen LogP contribution in [0.15, 0.2) is 40.9 Å². The van der Waals surface area contributed by atoms with E-state index in [1.165, 1.54) is 38.5 Å². The maximum Gasteiger partial charge on any atom is 0.344 e. The highest BCUT2D eigenvalue weighted by atomic mass is 79.9. The monoisotopic (exact) mass is 426 g/mol. The number of rotatable bonds is 8. The highest BCUT2D eigenvalue weighted by Gasteiger charge is 2.16. The Hall–Kier alpha value is -2.61. The van der Waals surface area contributed by atoms with Gasteiger partial charge in [-0.1, -0.05) is 0 Å².